The quantitative estimate of drug-likeness (QED) is 0.474. The summed E-state index contributed by atoms with van der Waals surface area (Å²) in [5, 5.41) is 9.12. The molecule has 0 aliphatic carbocycles. The normalized spacial score (nSPS) is 16.0. The Balaban J connectivity index is 2.18. The molecule has 1 heterocycles. The summed E-state index contributed by atoms with van der Waals surface area (Å²) >= 11 is 0. The first-order valence-electron chi connectivity index (χ1n) is 10.7. The second-order valence-electron chi connectivity index (χ2n) is 8.25. The number of carboxylic acid groups (broad SMARTS) is 1. The number of nitrogens with zero attached hydrogens (tertiary/aromatic N) is 2. The molecule has 5 nitrogen and oxygen atoms in total. The molecule has 1 aliphatic rings. The van der Waals surface area contributed by atoms with Gasteiger partial charge in [-0.2, -0.15) is 0 Å². The van der Waals surface area contributed by atoms with Gasteiger partial charge in [0.05, 0.1) is 13.0 Å². The summed E-state index contributed by atoms with van der Waals surface area (Å²) in [5.41, 5.74) is 2.29. The predicted octanol–water partition coefficient (Wildman–Crippen LogP) is 5.06. The minimum Gasteiger partial charge on any atom is -0.481 e. The summed E-state index contributed by atoms with van der Waals surface area (Å²) in [6.07, 6.45) is 4.18. The molecule has 0 bridgehead atoms. The summed E-state index contributed by atoms with van der Waals surface area (Å²) < 4.78 is 6.31. The van der Waals surface area contributed by atoms with E-state index in [2.05, 4.69) is 55.8 Å². The maximum atomic E-state index is 11.1. The van der Waals surface area contributed by atoms with Gasteiger partial charge >= 0.3 is 5.97 Å². The number of aliphatic carboxylic acids is 1. The molecule has 0 spiro atoms. The Labute approximate surface area is 169 Å². The number of para-hydroxylation sites is 1. The van der Waals surface area contributed by atoms with Crippen molar-refractivity contribution >= 4 is 11.9 Å². The molecule has 0 radical (unpaired) electrons. The number of carbonyl (C=O) groups is 1. The van der Waals surface area contributed by atoms with Gasteiger partial charge in [0.2, 0.25) is 0 Å². The number of carboxylic acids is 1. The molecular weight excluding hydrogens is 352 g/mol. The number of hydrogen-bond acceptors (Lipinski definition) is 4. The van der Waals surface area contributed by atoms with Crippen LogP contribution in [0.15, 0.2) is 23.2 Å². The standard InChI is InChI=1S/C23H36N2O3/c1-17(2)19-9-8-10-20(18(3)4)23(19)28-21(11-12-22(26)27)24-13-16-25-14-6-5-7-15-25/h8-10,17-18H,5-7,11-16H2,1-4H3,(H,26,27). The monoisotopic (exact) mass is 388 g/mol. The molecule has 1 aromatic carbocycles. The molecule has 1 N–H and O–H groups in total. The molecule has 1 aromatic rings. The highest BCUT2D eigenvalue weighted by molar-refractivity contribution is 5.83. The van der Waals surface area contributed by atoms with Crippen LogP contribution in [0.2, 0.25) is 0 Å². The zero-order valence-corrected chi connectivity index (χ0v) is 17.9. The van der Waals surface area contributed by atoms with Crippen LogP contribution in [-0.2, 0) is 4.79 Å². The number of aliphatic imine (C=N–C) groups is 1. The smallest absolute Gasteiger partial charge is 0.303 e. The molecule has 0 amide bonds. The molecule has 28 heavy (non-hydrogen) atoms. The molecular formula is C23H36N2O3. The number of piperidine rings is 1. The van der Waals surface area contributed by atoms with Crippen LogP contribution in [0.5, 0.6) is 5.75 Å². The number of ether oxygens (including phenoxy) is 1. The molecule has 5 heteroatoms. The molecule has 0 atom stereocenters. The van der Waals surface area contributed by atoms with E-state index in [9.17, 15) is 4.79 Å². The Morgan fingerprint density at radius 2 is 1.68 bits per heavy atom. The first-order chi connectivity index (χ1) is 13.4. The van der Waals surface area contributed by atoms with Gasteiger partial charge in [0.1, 0.15) is 5.75 Å². The summed E-state index contributed by atoms with van der Waals surface area (Å²) in [4.78, 5) is 18.2. The average molecular weight is 389 g/mol. The van der Waals surface area contributed by atoms with Crippen molar-refractivity contribution in [3.05, 3.63) is 29.3 Å². The van der Waals surface area contributed by atoms with Crippen molar-refractivity contribution < 1.29 is 14.6 Å². The fraction of sp³-hybridized carbons (Fsp3) is 0.652. The molecule has 0 saturated carbocycles. The van der Waals surface area contributed by atoms with Gasteiger partial charge in [0, 0.05) is 13.0 Å². The summed E-state index contributed by atoms with van der Waals surface area (Å²) in [7, 11) is 0. The van der Waals surface area contributed by atoms with E-state index in [0.29, 0.717) is 30.7 Å². The highest BCUT2D eigenvalue weighted by Gasteiger charge is 2.18. The van der Waals surface area contributed by atoms with Crippen LogP contribution in [-0.4, -0.2) is 48.1 Å². The minimum absolute atomic E-state index is 0.0312. The predicted molar refractivity (Wildman–Crippen MR) is 115 cm³/mol. The highest BCUT2D eigenvalue weighted by atomic mass is 16.5. The largest absolute Gasteiger partial charge is 0.481 e. The van der Waals surface area contributed by atoms with Crippen molar-refractivity contribution in [2.45, 2.75) is 71.6 Å². The van der Waals surface area contributed by atoms with Gasteiger partial charge in [-0.05, 0) is 48.9 Å². The van der Waals surface area contributed by atoms with Crippen LogP contribution in [0.1, 0.15) is 82.8 Å². The van der Waals surface area contributed by atoms with Crippen molar-refractivity contribution in [2.24, 2.45) is 4.99 Å². The van der Waals surface area contributed by atoms with E-state index in [1.54, 1.807) is 0 Å². The van der Waals surface area contributed by atoms with E-state index in [4.69, 9.17) is 9.84 Å². The number of rotatable bonds is 9. The first-order valence-corrected chi connectivity index (χ1v) is 10.7. The van der Waals surface area contributed by atoms with Gasteiger partial charge < -0.3 is 14.7 Å². The van der Waals surface area contributed by atoms with E-state index in [-0.39, 0.29) is 6.42 Å². The van der Waals surface area contributed by atoms with E-state index in [0.717, 1.165) is 36.5 Å². The Hall–Kier alpha value is -1.88. The molecule has 0 unspecified atom stereocenters. The highest BCUT2D eigenvalue weighted by Crippen LogP contribution is 2.35. The van der Waals surface area contributed by atoms with Gasteiger partial charge in [0.15, 0.2) is 5.90 Å². The van der Waals surface area contributed by atoms with Crippen LogP contribution in [0.3, 0.4) is 0 Å². The fourth-order valence-electron chi connectivity index (χ4n) is 3.59. The van der Waals surface area contributed by atoms with Crippen LogP contribution >= 0.6 is 0 Å². The lowest BCUT2D eigenvalue weighted by molar-refractivity contribution is -0.136. The minimum atomic E-state index is -0.825. The Bertz CT molecular complexity index is 636. The second kappa shape index (κ2) is 11.2. The SMILES string of the molecule is CC(C)c1cccc(C(C)C)c1OC(CCC(=O)O)=NCCN1CCCCC1. The van der Waals surface area contributed by atoms with Crippen LogP contribution < -0.4 is 4.74 Å². The van der Waals surface area contributed by atoms with Gasteiger partial charge in [-0.1, -0.05) is 52.3 Å². The van der Waals surface area contributed by atoms with Gasteiger partial charge in [-0.3, -0.25) is 9.79 Å². The third-order valence-electron chi connectivity index (χ3n) is 5.25. The molecule has 0 aromatic heterocycles. The zero-order chi connectivity index (χ0) is 20.5. The Morgan fingerprint density at radius 3 is 2.21 bits per heavy atom. The van der Waals surface area contributed by atoms with Crippen molar-refractivity contribution in [2.75, 3.05) is 26.2 Å². The molecule has 1 aliphatic heterocycles. The van der Waals surface area contributed by atoms with Crippen molar-refractivity contribution in [1.29, 1.82) is 0 Å². The van der Waals surface area contributed by atoms with E-state index >= 15 is 0 Å². The van der Waals surface area contributed by atoms with Crippen molar-refractivity contribution in [3.8, 4) is 5.75 Å². The second-order valence-corrected chi connectivity index (χ2v) is 8.25. The van der Waals surface area contributed by atoms with Crippen molar-refractivity contribution in [1.82, 2.24) is 4.90 Å². The summed E-state index contributed by atoms with van der Waals surface area (Å²) in [6, 6.07) is 6.25. The fourth-order valence-corrected chi connectivity index (χ4v) is 3.59. The van der Waals surface area contributed by atoms with Crippen LogP contribution in [0.25, 0.3) is 0 Å². The molecule has 2 rings (SSSR count). The van der Waals surface area contributed by atoms with Gasteiger partial charge in [-0.25, -0.2) is 0 Å². The van der Waals surface area contributed by atoms with E-state index in [1.807, 2.05) is 0 Å². The third kappa shape index (κ3) is 6.93. The van der Waals surface area contributed by atoms with Gasteiger partial charge in [-0.15, -0.1) is 0 Å². The number of likely N-dealkylation sites (tertiary alicyclic amines) is 1. The topological polar surface area (TPSA) is 62.1 Å². The third-order valence-corrected chi connectivity index (χ3v) is 5.25. The average Bonchev–Trinajstić information content (AvgIpc) is 2.66. The Morgan fingerprint density at radius 1 is 1.07 bits per heavy atom. The van der Waals surface area contributed by atoms with E-state index < -0.39 is 5.97 Å². The van der Waals surface area contributed by atoms with Crippen LogP contribution in [0, 0.1) is 0 Å². The maximum Gasteiger partial charge on any atom is 0.303 e. The Kier molecular flexibility index (Phi) is 8.97. The van der Waals surface area contributed by atoms with Crippen LogP contribution in [0.4, 0.5) is 0 Å². The van der Waals surface area contributed by atoms with Gasteiger partial charge in [0.25, 0.3) is 0 Å². The first kappa shape index (κ1) is 22.4. The van der Waals surface area contributed by atoms with E-state index in [1.165, 1.54) is 19.3 Å². The lowest BCUT2D eigenvalue weighted by Gasteiger charge is -2.25. The van der Waals surface area contributed by atoms with Crippen molar-refractivity contribution in [3.63, 3.8) is 0 Å². The maximum absolute atomic E-state index is 11.1. The molecule has 1 fully saturated rings. The summed E-state index contributed by atoms with van der Waals surface area (Å²) in [5.74, 6) is 1.21. The summed E-state index contributed by atoms with van der Waals surface area (Å²) in [6.45, 7) is 12.4. The number of hydrogen-bond donors (Lipinski definition) is 1. The zero-order valence-electron chi connectivity index (χ0n) is 17.9. The lowest BCUT2D eigenvalue weighted by atomic mass is 9.94. The lowest BCUT2D eigenvalue weighted by Crippen LogP contribution is -2.32. The molecule has 156 valence electrons. The molecule has 1 saturated heterocycles. The number of benzene rings is 1.